The molecule has 1 amide bonds. The van der Waals surface area contributed by atoms with Crippen LogP contribution in [0.4, 0.5) is 0 Å². The van der Waals surface area contributed by atoms with Gasteiger partial charge in [0.25, 0.3) is 5.91 Å². The van der Waals surface area contributed by atoms with E-state index in [9.17, 15) is 18.0 Å². The molecular formula is C21H20N2O4S. The molecule has 2 aromatic rings. The zero-order valence-electron chi connectivity index (χ0n) is 15.2. The van der Waals surface area contributed by atoms with Crippen LogP contribution >= 0.6 is 0 Å². The van der Waals surface area contributed by atoms with Crippen LogP contribution in [0.5, 0.6) is 0 Å². The molecule has 0 spiro atoms. The van der Waals surface area contributed by atoms with Crippen molar-refractivity contribution in [1.82, 2.24) is 10.2 Å². The number of rotatable bonds is 1. The molecule has 144 valence electrons. The van der Waals surface area contributed by atoms with Gasteiger partial charge in [-0.1, -0.05) is 12.1 Å². The Morgan fingerprint density at radius 1 is 0.964 bits per heavy atom. The van der Waals surface area contributed by atoms with Crippen LogP contribution in [0, 0.1) is 0 Å². The third-order valence-corrected chi connectivity index (χ3v) is 7.92. The number of benzene rings is 2. The van der Waals surface area contributed by atoms with Crippen LogP contribution in [0.15, 0.2) is 52.3 Å². The van der Waals surface area contributed by atoms with Gasteiger partial charge in [0.1, 0.15) is 0 Å². The largest absolute Gasteiger partial charge is 0.331 e. The molecule has 28 heavy (non-hydrogen) atoms. The lowest BCUT2D eigenvalue weighted by molar-refractivity contribution is 0.0679. The highest BCUT2D eigenvalue weighted by Gasteiger charge is 2.40. The van der Waals surface area contributed by atoms with Crippen molar-refractivity contribution in [3.05, 3.63) is 59.2 Å². The zero-order valence-corrected chi connectivity index (χ0v) is 16.0. The zero-order chi connectivity index (χ0) is 19.5. The van der Waals surface area contributed by atoms with Crippen LogP contribution in [0.1, 0.15) is 45.5 Å². The van der Waals surface area contributed by atoms with E-state index < -0.39 is 9.84 Å². The van der Waals surface area contributed by atoms with Gasteiger partial charge in [0.15, 0.2) is 5.78 Å². The maximum absolute atomic E-state index is 13.3. The molecule has 0 saturated carbocycles. The Labute approximate surface area is 163 Å². The van der Waals surface area contributed by atoms with Gasteiger partial charge in [-0.3, -0.25) is 9.59 Å². The van der Waals surface area contributed by atoms with Crippen molar-refractivity contribution < 1.29 is 18.0 Å². The van der Waals surface area contributed by atoms with Crippen molar-refractivity contribution in [2.24, 2.45) is 0 Å². The predicted octanol–water partition coefficient (Wildman–Crippen LogP) is 2.03. The molecule has 7 heteroatoms. The van der Waals surface area contributed by atoms with E-state index in [0.29, 0.717) is 5.56 Å². The first kappa shape index (κ1) is 17.6. The monoisotopic (exact) mass is 396 g/mol. The average Bonchev–Trinajstić information content (AvgIpc) is 2.98. The van der Waals surface area contributed by atoms with E-state index in [1.165, 1.54) is 24.3 Å². The number of carbonyl (C=O) groups excluding carboxylic acids is 2. The highest BCUT2D eigenvalue weighted by molar-refractivity contribution is 7.91. The summed E-state index contributed by atoms with van der Waals surface area (Å²) in [6.45, 7) is 1.64. The summed E-state index contributed by atoms with van der Waals surface area (Å²) in [5.74, 6) is -0.473. The summed E-state index contributed by atoms with van der Waals surface area (Å²) >= 11 is 0. The number of amides is 1. The molecule has 2 saturated heterocycles. The van der Waals surface area contributed by atoms with E-state index in [0.717, 1.165) is 32.4 Å². The second-order valence-electron chi connectivity index (χ2n) is 7.63. The second kappa shape index (κ2) is 6.25. The quantitative estimate of drug-likeness (QED) is 0.681. The molecule has 0 aromatic heterocycles. The van der Waals surface area contributed by atoms with Crippen molar-refractivity contribution in [3.63, 3.8) is 0 Å². The number of ketones is 1. The fourth-order valence-corrected chi connectivity index (χ4v) is 6.36. The van der Waals surface area contributed by atoms with E-state index in [1.54, 1.807) is 18.2 Å². The molecule has 3 aliphatic heterocycles. The summed E-state index contributed by atoms with van der Waals surface area (Å²) < 4.78 is 26.2. The lowest BCUT2D eigenvalue weighted by atomic mass is 10.0. The Balaban J connectivity index is 1.59. The molecule has 2 unspecified atom stereocenters. The SMILES string of the molecule is O=C1c2ccccc2S(=O)(=O)c2cc(C(=O)N3C4CCNCC3CC4)ccc21. The Kier molecular flexibility index (Phi) is 3.93. The van der Waals surface area contributed by atoms with Gasteiger partial charge in [-0.25, -0.2) is 8.42 Å². The normalized spacial score (nSPS) is 25.0. The molecule has 6 nitrogen and oxygen atoms in total. The van der Waals surface area contributed by atoms with Crippen molar-refractivity contribution in [3.8, 4) is 0 Å². The average molecular weight is 396 g/mol. The van der Waals surface area contributed by atoms with E-state index in [-0.39, 0.29) is 44.7 Å². The van der Waals surface area contributed by atoms with E-state index in [4.69, 9.17) is 0 Å². The number of sulfone groups is 1. The van der Waals surface area contributed by atoms with Gasteiger partial charge in [-0.15, -0.1) is 0 Å². The van der Waals surface area contributed by atoms with Gasteiger partial charge < -0.3 is 10.2 Å². The van der Waals surface area contributed by atoms with Crippen LogP contribution in [-0.2, 0) is 9.84 Å². The van der Waals surface area contributed by atoms with Gasteiger partial charge >= 0.3 is 0 Å². The molecule has 0 radical (unpaired) electrons. The fraction of sp³-hybridized carbons (Fsp3) is 0.333. The number of nitrogens with one attached hydrogen (secondary N) is 1. The summed E-state index contributed by atoms with van der Waals surface area (Å²) in [5.41, 5.74) is 0.648. The summed E-state index contributed by atoms with van der Waals surface area (Å²) in [6, 6.07) is 11.0. The van der Waals surface area contributed by atoms with Crippen LogP contribution in [-0.4, -0.2) is 50.2 Å². The highest BCUT2D eigenvalue weighted by Crippen LogP contribution is 2.36. The van der Waals surface area contributed by atoms with E-state index in [1.807, 2.05) is 4.90 Å². The highest BCUT2D eigenvalue weighted by atomic mass is 32.2. The molecule has 2 aromatic carbocycles. The minimum atomic E-state index is -3.84. The predicted molar refractivity (Wildman–Crippen MR) is 102 cm³/mol. The Morgan fingerprint density at radius 3 is 2.57 bits per heavy atom. The number of hydrogen-bond acceptors (Lipinski definition) is 5. The third-order valence-electron chi connectivity index (χ3n) is 6.07. The minimum Gasteiger partial charge on any atom is -0.331 e. The standard InChI is InChI=1S/C21H20N2O4S/c24-20-16-3-1-2-4-18(16)28(26,27)19-11-13(5-8-17(19)20)21(25)23-14-6-7-15(23)12-22-10-9-14/h1-5,8,11,14-15,22H,6-7,9-10,12H2. The van der Waals surface area contributed by atoms with E-state index in [2.05, 4.69) is 5.32 Å². The third kappa shape index (κ3) is 2.46. The number of fused-ring (bicyclic) bond motifs is 4. The van der Waals surface area contributed by atoms with Gasteiger partial charge in [0, 0.05) is 35.3 Å². The first-order valence-corrected chi connectivity index (χ1v) is 11.0. The summed E-state index contributed by atoms with van der Waals surface area (Å²) in [6.07, 6.45) is 2.84. The summed E-state index contributed by atoms with van der Waals surface area (Å²) in [4.78, 5) is 27.9. The van der Waals surface area contributed by atoms with Crippen LogP contribution in [0.3, 0.4) is 0 Å². The molecule has 0 aliphatic carbocycles. The van der Waals surface area contributed by atoms with Gasteiger partial charge in [-0.2, -0.15) is 0 Å². The molecule has 2 bridgehead atoms. The van der Waals surface area contributed by atoms with Gasteiger partial charge in [0.2, 0.25) is 9.84 Å². The maximum atomic E-state index is 13.3. The van der Waals surface area contributed by atoms with Crippen molar-refractivity contribution >= 4 is 21.5 Å². The van der Waals surface area contributed by atoms with Crippen LogP contribution < -0.4 is 5.32 Å². The summed E-state index contributed by atoms with van der Waals surface area (Å²) in [7, 11) is -3.84. The summed E-state index contributed by atoms with van der Waals surface area (Å²) in [5, 5.41) is 3.36. The van der Waals surface area contributed by atoms with Crippen molar-refractivity contribution in [2.75, 3.05) is 13.1 Å². The molecular weight excluding hydrogens is 376 g/mol. The molecule has 1 N–H and O–H groups in total. The fourth-order valence-electron chi connectivity index (χ4n) is 4.68. The molecule has 3 aliphatic rings. The first-order valence-electron chi connectivity index (χ1n) is 9.55. The number of nitrogens with zero attached hydrogens (tertiary/aromatic N) is 1. The lowest BCUT2D eigenvalue weighted by Gasteiger charge is -2.28. The lowest BCUT2D eigenvalue weighted by Crippen LogP contribution is -2.42. The Morgan fingerprint density at radius 2 is 1.71 bits per heavy atom. The molecule has 2 fully saturated rings. The smallest absolute Gasteiger partial charge is 0.254 e. The van der Waals surface area contributed by atoms with Gasteiger partial charge in [0.05, 0.1) is 9.79 Å². The molecule has 5 rings (SSSR count). The number of hydrogen-bond donors (Lipinski definition) is 1. The molecule has 3 heterocycles. The van der Waals surface area contributed by atoms with Crippen molar-refractivity contribution in [2.45, 2.75) is 41.1 Å². The Hall–Kier alpha value is -2.51. The van der Waals surface area contributed by atoms with Crippen molar-refractivity contribution in [1.29, 1.82) is 0 Å². The van der Waals surface area contributed by atoms with Crippen LogP contribution in [0.25, 0.3) is 0 Å². The minimum absolute atomic E-state index is 0.0103. The van der Waals surface area contributed by atoms with Crippen LogP contribution in [0.2, 0.25) is 0 Å². The molecule has 2 atom stereocenters. The number of carbonyl (C=O) groups is 2. The Bertz CT molecular complexity index is 1100. The first-order chi connectivity index (χ1) is 13.5. The van der Waals surface area contributed by atoms with E-state index >= 15 is 0 Å². The topological polar surface area (TPSA) is 83.5 Å². The second-order valence-corrected chi connectivity index (χ2v) is 9.52. The van der Waals surface area contributed by atoms with Gasteiger partial charge in [-0.05, 0) is 56.1 Å². The maximum Gasteiger partial charge on any atom is 0.254 e.